The third kappa shape index (κ3) is 2.47. The normalized spacial score (nSPS) is 15.8. The van der Waals surface area contributed by atoms with Crippen LogP contribution in [0.2, 0.25) is 0 Å². The number of carbonyl (C=O) groups excluding carboxylic acids is 1. The second kappa shape index (κ2) is 5.12. The molecule has 18 heavy (non-hydrogen) atoms. The zero-order chi connectivity index (χ0) is 13.1. The molecule has 94 valence electrons. The van der Waals surface area contributed by atoms with Gasteiger partial charge in [0.2, 0.25) is 0 Å². The van der Waals surface area contributed by atoms with Crippen molar-refractivity contribution < 1.29 is 4.79 Å². The molecule has 0 radical (unpaired) electrons. The average molecular weight is 243 g/mol. The molecule has 0 atom stereocenters. The molecule has 0 N–H and O–H groups in total. The van der Waals surface area contributed by atoms with Crippen molar-refractivity contribution in [2.75, 3.05) is 13.1 Å². The molecule has 0 bridgehead atoms. The van der Waals surface area contributed by atoms with E-state index in [1.54, 1.807) is 19.3 Å². The Balaban J connectivity index is 2.14. The van der Waals surface area contributed by atoms with Gasteiger partial charge in [0, 0.05) is 25.5 Å². The van der Waals surface area contributed by atoms with E-state index >= 15 is 0 Å². The highest BCUT2D eigenvalue weighted by Gasteiger charge is 2.21. The minimum Gasteiger partial charge on any atom is -0.334 e. The number of hydrogen-bond donors (Lipinski definition) is 0. The topological polar surface area (TPSA) is 46.1 Å². The van der Waals surface area contributed by atoms with Crippen molar-refractivity contribution in [3.8, 4) is 0 Å². The smallest absolute Gasteiger partial charge is 0.257 e. The Hall–Kier alpha value is -1.97. The minimum atomic E-state index is -0.00235. The molecule has 4 heteroatoms. The molecule has 0 fully saturated rings. The van der Waals surface area contributed by atoms with E-state index in [-0.39, 0.29) is 5.91 Å². The van der Waals surface area contributed by atoms with Gasteiger partial charge in [-0.2, -0.15) is 0 Å². The predicted molar refractivity (Wildman–Crippen MR) is 70.2 cm³/mol. The van der Waals surface area contributed by atoms with Gasteiger partial charge in [-0.05, 0) is 25.8 Å². The molecule has 0 saturated heterocycles. The van der Waals surface area contributed by atoms with Gasteiger partial charge in [-0.25, -0.2) is 9.97 Å². The van der Waals surface area contributed by atoms with E-state index in [2.05, 4.69) is 16.5 Å². The maximum Gasteiger partial charge on any atom is 0.257 e. The Kier molecular flexibility index (Phi) is 3.55. The van der Waals surface area contributed by atoms with Gasteiger partial charge in [0.25, 0.3) is 5.91 Å². The third-order valence-corrected chi connectivity index (χ3v) is 3.19. The molecular formula is C14H17N3O. The molecule has 2 rings (SSSR count). The summed E-state index contributed by atoms with van der Waals surface area (Å²) in [4.78, 5) is 22.2. The summed E-state index contributed by atoms with van der Waals surface area (Å²) in [5.41, 5.74) is 3.01. The fraction of sp³-hybridized carbons (Fsp3) is 0.357. The number of amides is 1. The summed E-state index contributed by atoms with van der Waals surface area (Å²) in [7, 11) is 0. The molecule has 1 amide bonds. The van der Waals surface area contributed by atoms with Crippen LogP contribution in [-0.2, 0) is 0 Å². The maximum atomic E-state index is 12.2. The van der Waals surface area contributed by atoms with E-state index in [0.29, 0.717) is 17.9 Å². The SMILES string of the molecule is C=CC1=C(C)CN(C(=O)c2cnc(C)nc2)CC1. The molecule has 0 saturated carbocycles. The van der Waals surface area contributed by atoms with Gasteiger partial charge in [-0.3, -0.25) is 4.79 Å². The second-order valence-corrected chi connectivity index (χ2v) is 4.51. The molecule has 0 unspecified atom stereocenters. The lowest BCUT2D eigenvalue weighted by Crippen LogP contribution is -2.36. The molecule has 0 aliphatic carbocycles. The standard InChI is InChI=1S/C14H17N3O/c1-4-12-5-6-17(9-10(12)2)14(18)13-7-15-11(3)16-8-13/h4,7-8H,1,5-6,9H2,2-3H3. The number of allylic oxidation sites excluding steroid dienone is 1. The lowest BCUT2D eigenvalue weighted by molar-refractivity contribution is 0.0763. The molecule has 1 aliphatic rings. The quantitative estimate of drug-likeness (QED) is 0.799. The van der Waals surface area contributed by atoms with Crippen LogP contribution in [0.1, 0.15) is 29.5 Å². The number of rotatable bonds is 2. The van der Waals surface area contributed by atoms with E-state index in [1.165, 1.54) is 11.1 Å². The fourth-order valence-electron chi connectivity index (χ4n) is 2.07. The van der Waals surface area contributed by atoms with Crippen molar-refractivity contribution in [1.29, 1.82) is 0 Å². The van der Waals surface area contributed by atoms with Gasteiger partial charge in [-0.15, -0.1) is 0 Å². The van der Waals surface area contributed by atoms with Crippen molar-refractivity contribution in [3.05, 3.63) is 47.6 Å². The van der Waals surface area contributed by atoms with Crippen LogP contribution in [0, 0.1) is 6.92 Å². The summed E-state index contributed by atoms with van der Waals surface area (Å²) < 4.78 is 0. The molecule has 1 aromatic rings. The van der Waals surface area contributed by atoms with Gasteiger partial charge in [-0.1, -0.05) is 18.2 Å². The Morgan fingerprint density at radius 1 is 1.39 bits per heavy atom. The minimum absolute atomic E-state index is 0.00235. The summed E-state index contributed by atoms with van der Waals surface area (Å²) in [6.45, 7) is 9.03. The van der Waals surface area contributed by atoms with E-state index in [1.807, 2.05) is 17.9 Å². The van der Waals surface area contributed by atoms with Crippen molar-refractivity contribution in [3.63, 3.8) is 0 Å². The summed E-state index contributed by atoms with van der Waals surface area (Å²) in [5.74, 6) is 0.674. The first-order valence-electron chi connectivity index (χ1n) is 6.01. The monoisotopic (exact) mass is 243 g/mol. The van der Waals surface area contributed by atoms with Crippen LogP contribution in [0.5, 0.6) is 0 Å². The lowest BCUT2D eigenvalue weighted by atomic mass is 10.0. The van der Waals surface area contributed by atoms with Gasteiger partial charge in [0.1, 0.15) is 5.82 Å². The van der Waals surface area contributed by atoms with Crippen molar-refractivity contribution in [1.82, 2.24) is 14.9 Å². The first-order valence-corrected chi connectivity index (χ1v) is 6.01. The highest BCUT2D eigenvalue weighted by Crippen LogP contribution is 2.19. The molecule has 0 aromatic carbocycles. The van der Waals surface area contributed by atoms with E-state index < -0.39 is 0 Å². The second-order valence-electron chi connectivity index (χ2n) is 4.51. The summed E-state index contributed by atoms with van der Waals surface area (Å²) in [6.07, 6.45) is 5.93. The molecule has 0 spiro atoms. The molecule has 1 aromatic heterocycles. The van der Waals surface area contributed by atoms with Crippen LogP contribution < -0.4 is 0 Å². The number of aryl methyl sites for hydroxylation is 1. The van der Waals surface area contributed by atoms with Crippen LogP contribution in [0.25, 0.3) is 0 Å². The fourth-order valence-corrected chi connectivity index (χ4v) is 2.07. The largest absolute Gasteiger partial charge is 0.334 e. The van der Waals surface area contributed by atoms with Crippen molar-refractivity contribution >= 4 is 5.91 Å². The van der Waals surface area contributed by atoms with E-state index in [0.717, 1.165) is 13.0 Å². The van der Waals surface area contributed by atoms with Crippen LogP contribution in [-0.4, -0.2) is 33.9 Å². The first kappa shape index (κ1) is 12.5. The summed E-state index contributed by atoms with van der Waals surface area (Å²) in [6, 6.07) is 0. The van der Waals surface area contributed by atoms with Gasteiger partial charge < -0.3 is 4.90 Å². The first-order chi connectivity index (χ1) is 8.61. The zero-order valence-electron chi connectivity index (χ0n) is 10.8. The maximum absolute atomic E-state index is 12.2. The summed E-state index contributed by atoms with van der Waals surface area (Å²) >= 11 is 0. The van der Waals surface area contributed by atoms with Gasteiger partial charge >= 0.3 is 0 Å². The molecule has 4 nitrogen and oxygen atoms in total. The highest BCUT2D eigenvalue weighted by atomic mass is 16.2. The lowest BCUT2D eigenvalue weighted by Gasteiger charge is -2.28. The van der Waals surface area contributed by atoms with E-state index in [4.69, 9.17) is 0 Å². The molecule has 1 aliphatic heterocycles. The third-order valence-electron chi connectivity index (χ3n) is 3.19. The van der Waals surface area contributed by atoms with Crippen LogP contribution in [0.3, 0.4) is 0 Å². The predicted octanol–water partition coefficient (Wildman–Crippen LogP) is 2.13. The van der Waals surface area contributed by atoms with Crippen molar-refractivity contribution in [2.45, 2.75) is 20.3 Å². The van der Waals surface area contributed by atoms with E-state index in [9.17, 15) is 4.79 Å². The Morgan fingerprint density at radius 3 is 2.61 bits per heavy atom. The molecule has 2 heterocycles. The van der Waals surface area contributed by atoms with Crippen LogP contribution in [0.4, 0.5) is 0 Å². The number of hydrogen-bond acceptors (Lipinski definition) is 3. The van der Waals surface area contributed by atoms with Gasteiger partial charge in [0.15, 0.2) is 0 Å². The Labute approximate surface area is 107 Å². The number of aromatic nitrogens is 2. The number of carbonyl (C=O) groups is 1. The van der Waals surface area contributed by atoms with Crippen LogP contribution >= 0.6 is 0 Å². The van der Waals surface area contributed by atoms with Crippen LogP contribution in [0.15, 0.2) is 36.2 Å². The number of nitrogens with zero attached hydrogens (tertiary/aromatic N) is 3. The van der Waals surface area contributed by atoms with Crippen molar-refractivity contribution in [2.24, 2.45) is 0 Å². The Morgan fingerprint density at radius 2 is 2.06 bits per heavy atom. The zero-order valence-corrected chi connectivity index (χ0v) is 10.8. The van der Waals surface area contributed by atoms with Gasteiger partial charge in [0.05, 0.1) is 5.56 Å². The molecular weight excluding hydrogens is 226 g/mol. The highest BCUT2D eigenvalue weighted by molar-refractivity contribution is 5.93. The summed E-state index contributed by atoms with van der Waals surface area (Å²) in [5, 5.41) is 0. The Bertz CT molecular complexity index is 502. The average Bonchev–Trinajstić information content (AvgIpc) is 2.38.